The van der Waals surface area contributed by atoms with Gasteiger partial charge >= 0.3 is 0 Å². The molecule has 9 atom stereocenters. The molecule has 3 fully saturated rings. The van der Waals surface area contributed by atoms with Gasteiger partial charge in [0.25, 0.3) is 0 Å². The van der Waals surface area contributed by atoms with E-state index in [0.717, 1.165) is 57.8 Å². The van der Waals surface area contributed by atoms with Crippen molar-refractivity contribution in [2.24, 2.45) is 33.5 Å². The molecule has 0 radical (unpaired) electrons. The summed E-state index contributed by atoms with van der Waals surface area (Å²) in [7, 11) is 0. The van der Waals surface area contributed by atoms with Gasteiger partial charge in [0.2, 0.25) is 0 Å². The van der Waals surface area contributed by atoms with E-state index < -0.39 is 11.5 Å². The van der Waals surface area contributed by atoms with E-state index >= 15 is 0 Å². The highest BCUT2D eigenvalue weighted by atomic mass is 16.5. The maximum absolute atomic E-state index is 12.6. The van der Waals surface area contributed by atoms with E-state index in [-0.39, 0.29) is 40.3 Å². The summed E-state index contributed by atoms with van der Waals surface area (Å²) in [5.74, 6) is 0.999. The third-order valence-electron chi connectivity index (χ3n) is 12.5. The fraction of sp³-hybridized carbons (Fsp3) is 0.897. The predicted molar refractivity (Wildman–Crippen MR) is 130 cm³/mol. The van der Waals surface area contributed by atoms with Gasteiger partial charge in [0, 0.05) is 17.3 Å². The average Bonchev–Trinajstić information content (AvgIpc) is 3.26. The lowest BCUT2D eigenvalue weighted by atomic mass is 9.42. The predicted octanol–water partition coefficient (Wildman–Crippen LogP) is 5.60. The first-order valence-corrected chi connectivity index (χ1v) is 13.7. The number of fused-ring (bicyclic) bond motifs is 5. The van der Waals surface area contributed by atoms with Gasteiger partial charge in [-0.3, -0.25) is 4.79 Å². The average molecular weight is 459 g/mol. The van der Waals surface area contributed by atoms with Crippen LogP contribution in [0.1, 0.15) is 106 Å². The van der Waals surface area contributed by atoms with Crippen molar-refractivity contribution in [1.29, 1.82) is 0 Å². The molecule has 0 aromatic rings. The molecule has 0 bridgehead atoms. The normalized spacial score (nSPS) is 53.7. The molecule has 1 heterocycles. The number of ether oxygens (including phenoxy) is 1. The van der Waals surface area contributed by atoms with Crippen molar-refractivity contribution in [2.45, 2.75) is 124 Å². The fourth-order valence-electron chi connectivity index (χ4n) is 10.1. The van der Waals surface area contributed by atoms with Crippen molar-refractivity contribution in [3.8, 4) is 0 Å². The summed E-state index contributed by atoms with van der Waals surface area (Å²) in [4.78, 5) is 12.6. The van der Waals surface area contributed by atoms with Crippen LogP contribution >= 0.6 is 0 Å². The van der Waals surface area contributed by atoms with E-state index in [1.165, 1.54) is 0 Å². The molecule has 0 amide bonds. The van der Waals surface area contributed by atoms with Crippen LogP contribution in [0.3, 0.4) is 0 Å². The molecule has 2 saturated carbocycles. The van der Waals surface area contributed by atoms with Gasteiger partial charge < -0.3 is 14.9 Å². The molecule has 4 heteroatoms. The van der Waals surface area contributed by atoms with Gasteiger partial charge in [-0.1, -0.05) is 52.7 Å². The minimum absolute atomic E-state index is 0.0404. The Bertz CT molecular complexity index is 879. The first-order valence-electron chi connectivity index (χ1n) is 13.7. The van der Waals surface area contributed by atoms with Crippen LogP contribution in [0.2, 0.25) is 0 Å². The molecule has 1 aliphatic heterocycles. The standard InChI is InChI=1S/C29H46O4/c1-7-21(31)22-16-18(2)29(33-22)15-14-27(5)20-8-9-23-25(3,19(20)10-13-28(27,29)6)12-11-24(32)26(23,4)17-30/h18,22-24,30,32H,7-17H2,1-6H3/t18?,22?,23?,24?,25-,26-,27+,28+,29+/m1/s1. The van der Waals surface area contributed by atoms with E-state index in [1.807, 2.05) is 6.92 Å². The molecule has 1 saturated heterocycles. The molecule has 33 heavy (non-hydrogen) atoms. The number of ketones is 1. The zero-order valence-electron chi connectivity index (χ0n) is 21.8. The van der Waals surface area contributed by atoms with E-state index in [9.17, 15) is 15.0 Å². The molecule has 186 valence electrons. The summed E-state index contributed by atoms with van der Waals surface area (Å²) in [5.41, 5.74) is 2.90. The van der Waals surface area contributed by atoms with Gasteiger partial charge in [0.1, 0.15) is 6.10 Å². The van der Waals surface area contributed by atoms with Crippen molar-refractivity contribution in [3.05, 3.63) is 11.1 Å². The van der Waals surface area contributed by atoms with Crippen LogP contribution in [0.25, 0.3) is 0 Å². The minimum atomic E-state index is -0.416. The molecule has 1 spiro atoms. The van der Waals surface area contributed by atoms with Crippen molar-refractivity contribution < 1.29 is 19.7 Å². The Labute approximate surface area is 200 Å². The first-order chi connectivity index (χ1) is 15.4. The van der Waals surface area contributed by atoms with E-state index in [0.29, 0.717) is 18.3 Å². The minimum Gasteiger partial charge on any atom is -0.396 e. The van der Waals surface area contributed by atoms with E-state index in [4.69, 9.17) is 4.74 Å². The molecule has 5 rings (SSSR count). The summed E-state index contributed by atoms with van der Waals surface area (Å²) in [6.07, 6.45) is 9.12. The Hall–Kier alpha value is -0.710. The molecule has 0 aromatic carbocycles. The number of hydrogen-bond donors (Lipinski definition) is 2. The second-order valence-corrected chi connectivity index (χ2v) is 13.3. The van der Waals surface area contributed by atoms with E-state index in [1.54, 1.807) is 11.1 Å². The molecule has 4 aliphatic carbocycles. The van der Waals surface area contributed by atoms with Gasteiger partial charge in [-0.15, -0.1) is 0 Å². The highest BCUT2D eigenvalue weighted by Gasteiger charge is 2.71. The lowest BCUT2D eigenvalue weighted by molar-refractivity contribution is -0.164. The maximum atomic E-state index is 12.6. The highest BCUT2D eigenvalue weighted by molar-refractivity contribution is 5.83. The zero-order valence-corrected chi connectivity index (χ0v) is 21.8. The Kier molecular flexibility index (Phi) is 5.38. The smallest absolute Gasteiger partial charge is 0.161 e. The lowest BCUT2D eigenvalue weighted by Crippen LogP contribution is -2.59. The summed E-state index contributed by atoms with van der Waals surface area (Å²) in [5, 5.41) is 21.2. The van der Waals surface area contributed by atoms with Crippen molar-refractivity contribution in [2.75, 3.05) is 6.61 Å². The number of rotatable bonds is 3. The van der Waals surface area contributed by atoms with Gasteiger partial charge in [-0.05, 0) is 80.5 Å². The Balaban J connectivity index is 1.56. The second-order valence-electron chi connectivity index (χ2n) is 13.3. The third kappa shape index (κ3) is 2.72. The van der Waals surface area contributed by atoms with Crippen LogP contribution in [0.15, 0.2) is 11.1 Å². The van der Waals surface area contributed by atoms with Crippen LogP contribution in [0, 0.1) is 33.5 Å². The number of Topliss-reactive ketones (excluding diaryl/α,β-unsaturated/α-hetero) is 1. The van der Waals surface area contributed by atoms with Gasteiger partial charge in [-0.2, -0.15) is 0 Å². The molecular formula is C29H46O4. The summed E-state index contributed by atoms with van der Waals surface area (Å²) >= 11 is 0. The van der Waals surface area contributed by atoms with Crippen LogP contribution in [0.5, 0.6) is 0 Å². The van der Waals surface area contributed by atoms with Crippen molar-refractivity contribution >= 4 is 5.78 Å². The van der Waals surface area contributed by atoms with Gasteiger partial charge in [0.15, 0.2) is 5.78 Å². The van der Waals surface area contributed by atoms with Crippen LogP contribution in [0.4, 0.5) is 0 Å². The molecule has 2 N–H and O–H groups in total. The molecule has 4 unspecified atom stereocenters. The van der Waals surface area contributed by atoms with E-state index in [2.05, 4.69) is 34.6 Å². The largest absolute Gasteiger partial charge is 0.396 e. The summed E-state index contributed by atoms with van der Waals surface area (Å²) in [6.45, 7) is 13.9. The van der Waals surface area contributed by atoms with Gasteiger partial charge in [-0.25, -0.2) is 0 Å². The number of aliphatic hydroxyl groups is 2. The highest BCUT2D eigenvalue weighted by Crippen LogP contribution is 2.75. The molecule has 0 aromatic heterocycles. The van der Waals surface area contributed by atoms with Crippen LogP contribution in [-0.4, -0.2) is 40.4 Å². The zero-order chi connectivity index (χ0) is 24.0. The number of allylic oxidation sites excluding steroid dienone is 2. The number of carbonyl (C=O) groups is 1. The van der Waals surface area contributed by atoms with Crippen molar-refractivity contribution in [3.63, 3.8) is 0 Å². The van der Waals surface area contributed by atoms with Crippen LogP contribution < -0.4 is 0 Å². The Morgan fingerprint density at radius 1 is 1.03 bits per heavy atom. The molecule has 5 aliphatic rings. The number of hydrogen-bond acceptors (Lipinski definition) is 4. The number of carbonyl (C=O) groups excluding carboxylic acids is 1. The lowest BCUT2D eigenvalue weighted by Gasteiger charge is -2.63. The Morgan fingerprint density at radius 2 is 1.76 bits per heavy atom. The van der Waals surface area contributed by atoms with Crippen molar-refractivity contribution in [1.82, 2.24) is 0 Å². The first kappa shape index (κ1) is 24.0. The van der Waals surface area contributed by atoms with Gasteiger partial charge in [0.05, 0.1) is 18.3 Å². The van der Waals surface area contributed by atoms with Crippen LogP contribution in [-0.2, 0) is 9.53 Å². The fourth-order valence-corrected chi connectivity index (χ4v) is 10.1. The topological polar surface area (TPSA) is 66.8 Å². The molecule has 4 nitrogen and oxygen atoms in total. The molecular weight excluding hydrogens is 412 g/mol. The second kappa shape index (κ2) is 7.40. The quantitative estimate of drug-likeness (QED) is 0.541. The monoisotopic (exact) mass is 458 g/mol. The third-order valence-corrected chi connectivity index (χ3v) is 12.5. The maximum Gasteiger partial charge on any atom is 0.161 e. The SMILES string of the molecule is CCC(=O)C1CC(C)[C@]2(CC[C@@]3(C)C4=C(CC[C@@]32C)[C@@]2(C)CCC(O)[C@](C)(CO)C2CC4)O1. The number of aliphatic hydroxyl groups excluding tert-OH is 2. The Morgan fingerprint density at radius 3 is 2.42 bits per heavy atom. The summed E-state index contributed by atoms with van der Waals surface area (Å²) < 4.78 is 6.85. The summed E-state index contributed by atoms with van der Waals surface area (Å²) in [6, 6.07) is 0.